The molecule has 14 heavy (non-hydrogen) atoms. The third kappa shape index (κ3) is 23.0. The molecule has 0 saturated carbocycles. The van der Waals surface area contributed by atoms with Crippen LogP contribution in [0.2, 0.25) is 0 Å². The van der Waals surface area contributed by atoms with Gasteiger partial charge in [0.25, 0.3) is 0 Å². The summed E-state index contributed by atoms with van der Waals surface area (Å²) in [4.78, 5) is 8.33. The van der Waals surface area contributed by atoms with Crippen molar-refractivity contribution in [2.45, 2.75) is 6.92 Å². The number of benzene rings is 1. The molecule has 6 heteroatoms. The van der Waals surface area contributed by atoms with Gasteiger partial charge in [-0.25, -0.2) is 0 Å². The number of rotatable bonds is 0. The molecule has 0 unspecified atom stereocenters. The molecule has 0 aliphatic rings. The van der Waals surface area contributed by atoms with Gasteiger partial charge in [-0.1, -0.05) is 35.9 Å². The standard InChI is InChI=1S/C7H8.CH2O3.ClH.2Na/c1-7-5-3-2-4-6-7;2-1(3)4;;;/h2-6H,1H3;(H2,2,3,4);1H;;/q;;;2*+1/p-2. The minimum Gasteiger partial charge on any atom is -0.652 e. The van der Waals surface area contributed by atoms with Crippen molar-refractivity contribution in [3.63, 3.8) is 0 Å². The SMILES string of the molecule is Cc1ccccc1.Cl.O=C([O-])[O-].[Na+].[Na+]. The Morgan fingerprint density at radius 2 is 1.36 bits per heavy atom. The molecule has 1 rings (SSSR count). The summed E-state index contributed by atoms with van der Waals surface area (Å²) in [5.41, 5.74) is 1.32. The predicted molar refractivity (Wildman–Crippen MR) is 43.8 cm³/mol. The third-order valence-corrected chi connectivity index (χ3v) is 0.940. The summed E-state index contributed by atoms with van der Waals surface area (Å²) < 4.78 is 0. The molecule has 0 fully saturated rings. The first kappa shape index (κ1) is 24.2. The summed E-state index contributed by atoms with van der Waals surface area (Å²) >= 11 is 0. The maximum Gasteiger partial charge on any atom is 1.00 e. The summed E-state index contributed by atoms with van der Waals surface area (Å²) in [7, 11) is 0. The van der Waals surface area contributed by atoms with Crippen LogP contribution in [0.3, 0.4) is 0 Å². The van der Waals surface area contributed by atoms with Crippen molar-refractivity contribution < 1.29 is 74.1 Å². The predicted octanol–water partition coefficient (Wildman–Crippen LogP) is -6.02. The van der Waals surface area contributed by atoms with Crippen LogP contribution in [0.4, 0.5) is 4.79 Å². The molecule has 0 aliphatic heterocycles. The van der Waals surface area contributed by atoms with E-state index in [-0.39, 0.29) is 71.5 Å². The van der Waals surface area contributed by atoms with E-state index in [1.165, 1.54) is 5.56 Å². The Labute approximate surface area is 134 Å². The van der Waals surface area contributed by atoms with E-state index in [1.807, 2.05) is 18.2 Å². The summed E-state index contributed by atoms with van der Waals surface area (Å²) in [5, 5.41) is 16.7. The Hall–Kier alpha value is 0.780. The fourth-order valence-electron chi connectivity index (χ4n) is 0.534. The fraction of sp³-hybridized carbons (Fsp3) is 0.125. The van der Waals surface area contributed by atoms with Crippen LogP contribution < -0.4 is 69.3 Å². The van der Waals surface area contributed by atoms with Crippen molar-refractivity contribution in [2.75, 3.05) is 0 Å². The van der Waals surface area contributed by atoms with Gasteiger partial charge in [-0.05, 0) is 13.1 Å². The van der Waals surface area contributed by atoms with Crippen LogP contribution in [0.15, 0.2) is 30.3 Å². The zero-order valence-electron chi connectivity index (χ0n) is 8.52. The van der Waals surface area contributed by atoms with E-state index in [9.17, 15) is 0 Å². The molecule has 0 heterocycles. The molecule has 0 amide bonds. The van der Waals surface area contributed by atoms with Crippen molar-refractivity contribution in [1.29, 1.82) is 0 Å². The summed E-state index contributed by atoms with van der Waals surface area (Å²) in [6, 6.07) is 10.3. The Balaban J connectivity index is -0.0000000650. The molecule has 0 aromatic heterocycles. The van der Waals surface area contributed by atoms with Crippen LogP contribution in [0, 0.1) is 6.92 Å². The van der Waals surface area contributed by atoms with E-state index >= 15 is 0 Å². The van der Waals surface area contributed by atoms with Gasteiger partial charge >= 0.3 is 59.1 Å². The van der Waals surface area contributed by atoms with Gasteiger partial charge < -0.3 is 15.0 Å². The van der Waals surface area contributed by atoms with Crippen LogP contribution in [-0.4, -0.2) is 6.16 Å². The average Bonchev–Trinajstić information content (AvgIpc) is 1.87. The van der Waals surface area contributed by atoms with Gasteiger partial charge in [0.05, 0.1) is 0 Å². The van der Waals surface area contributed by atoms with Crippen LogP contribution in [0.1, 0.15) is 5.56 Å². The zero-order chi connectivity index (χ0) is 8.69. The fourth-order valence-corrected chi connectivity index (χ4v) is 0.534. The number of hydrogen-bond donors (Lipinski definition) is 0. The molecule has 0 saturated heterocycles. The number of halogens is 1. The van der Waals surface area contributed by atoms with Crippen molar-refractivity contribution >= 4 is 18.6 Å². The van der Waals surface area contributed by atoms with Gasteiger partial charge in [-0.15, -0.1) is 12.4 Å². The monoisotopic (exact) mass is 234 g/mol. The number of carbonyl (C=O) groups is 1. The van der Waals surface area contributed by atoms with Crippen molar-refractivity contribution in [3.8, 4) is 0 Å². The second-order valence-corrected chi connectivity index (χ2v) is 1.90. The van der Waals surface area contributed by atoms with Gasteiger partial charge in [0, 0.05) is 0 Å². The summed E-state index contributed by atoms with van der Waals surface area (Å²) in [6.45, 7) is 2.08. The minimum atomic E-state index is -2.33. The number of aryl methyl sites for hydroxylation is 1. The van der Waals surface area contributed by atoms with E-state index in [1.54, 1.807) is 0 Å². The molecular weight excluding hydrogens is 226 g/mol. The van der Waals surface area contributed by atoms with Gasteiger partial charge in [0.2, 0.25) is 0 Å². The van der Waals surface area contributed by atoms with E-state index in [0.717, 1.165) is 0 Å². The van der Waals surface area contributed by atoms with Crippen molar-refractivity contribution in [3.05, 3.63) is 35.9 Å². The van der Waals surface area contributed by atoms with E-state index in [4.69, 9.17) is 15.0 Å². The quantitative estimate of drug-likeness (QED) is 0.420. The molecule has 0 atom stereocenters. The number of carboxylic acid groups (broad SMARTS) is 2. The Kier molecular flexibility index (Phi) is 28.0. The maximum absolute atomic E-state index is 8.33. The third-order valence-electron chi connectivity index (χ3n) is 0.940. The van der Waals surface area contributed by atoms with Crippen LogP contribution in [0.25, 0.3) is 0 Å². The molecule has 68 valence electrons. The molecule has 0 N–H and O–H groups in total. The first-order valence-corrected chi connectivity index (χ1v) is 3.02. The minimum absolute atomic E-state index is 0. The zero-order valence-corrected chi connectivity index (χ0v) is 13.3. The maximum atomic E-state index is 8.33. The van der Waals surface area contributed by atoms with Crippen molar-refractivity contribution in [2.24, 2.45) is 0 Å². The van der Waals surface area contributed by atoms with E-state index in [0.29, 0.717) is 0 Å². The Morgan fingerprint density at radius 3 is 1.50 bits per heavy atom. The van der Waals surface area contributed by atoms with Crippen LogP contribution in [-0.2, 0) is 0 Å². The topological polar surface area (TPSA) is 63.2 Å². The second kappa shape index (κ2) is 16.2. The Bertz CT molecular complexity index is 215. The average molecular weight is 235 g/mol. The van der Waals surface area contributed by atoms with Gasteiger partial charge in [0.1, 0.15) is 0 Å². The largest absolute Gasteiger partial charge is 1.00 e. The summed E-state index contributed by atoms with van der Waals surface area (Å²) in [5.74, 6) is 0. The van der Waals surface area contributed by atoms with Crippen LogP contribution >= 0.6 is 12.4 Å². The Morgan fingerprint density at radius 1 is 1.07 bits per heavy atom. The summed E-state index contributed by atoms with van der Waals surface area (Å²) in [6.07, 6.45) is -2.33. The molecule has 0 aliphatic carbocycles. The van der Waals surface area contributed by atoms with Crippen molar-refractivity contribution in [1.82, 2.24) is 0 Å². The molecule has 0 radical (unpaired) electrons. The number of hydrogen-bond acceptors (Lipinski definition) is 3. The van der Waals surface area contributed by atoms with Gasteiger partial charge in [0.15, 0.2) is 0 Å². The first-order valence-electron chi connectivity index (χ1n) is 3.02. The van der Waals surface area contributed by atoms with E-state index < -0.39 is 6.16 Å². The van der Waals surface area contributed by atoms with E-state index in [2.05, 4.69) is 19.1 Å². The first-order chi connectivity index (χ1) is 5.13. The number of carbonyl (C=O) groups excluding carboxylic acids is 1. The molecule has 3 nitrogen and oxygen atoms in total. The molecule has 0 spiro atoms. The molecule has 1 aromatic carbocycles. The second-order valence-electron chi connectivity index (χ2n) is 1.90. The van der Waals surface area contributed by atoms with Gasteiger partial charge in [-0.3, -0.25) is 0 Å². The normalized spacial score (nSPS) is 6.07. The molecule has 0 bridgehead atoms. The van der Waals surface area contributed by atoms with Gasteiger partial charge in [-0.2, -0.15) is 0 Å². The smallest absolute Gasteiger partial charge is 0.652 e. The molecular formula is C8H9ClNa2O3. The molecule has 1 aromatic rings. The van der Waals surface area contributed by atoms with Crippen LogP contribution in [0.5, 0.6) is 0 Å².